The highest BCUT2D eigenvalue weighted by atomic mass is 16.3. The summed E-state index contributed by atoms with van der Waals surface area (Å²) < 4.78 is 0. The number of aryl methyl sites for hydroxylation is 2. The Hall–Kier alpha value is -4.90. The smallest absolute Gasteiger partial charge is 0.120 e. The molecule has 0 amide bonds. The van der Waals surface area contributed by atoms with Gasteiger partial charge in [0.15, 0.2) is 0 Å². The molecule has 2 aromatic heterocycles. The van der Waals surface area contributed by atoms with Crippen LogP contribution in [0, 0.1) is 13.8 Å². The van der Waals surface area contributed by atoms with Gasteiger partial charge in [0.1, 0.15) is 11.2 Å². The third-order valence-electron chi connectivity index (χ3n) is 7.77. The summed E-state index contributed by atoms with van der Waals surface area (Å²) in [6.45, 7) is 3.93. The number of hydrogen-bond donors (Lipinski definition) is 2. The fraction of sp³-hybridized carbons (Fsp3) is 0.150. The molecule has 0 atom stereocenters. The van der Waals surface area contributed by atoms with Gasteiger partial charge in [0.25, 0.3) is 0 Å². The second-order valence-corrected chi connectivity index (χ2v) is 11.1. The van der Waals surface area contributed by atoms with E-state index in [1.807, 2.05) is 172 Å². The van der Waals surface area contributed by atoms with Crippen molar-refractivity contribution < 1.29 is 10.2 Å². The number of nitrogens with zero attached hydrogens (tertiary/aromatic N) is 2. The maximum Gasteiger partial charge on any atom is 0.120 e. The molecule has 2 N–H and O–H groups in total. The Morgan fingerprint density at radius 3 is 0.909 bits per heavy atom. The highest BCUT2D eigenvalue weighted by Gasteiger charge is 2.33. The molecule has 6 rings (SSSR count). The second-order valence-electron chi connectivity index (χ2n) is 11.1. The molecular weight excluding hydrogens is 540 g/mol. The van der Waals surface area contributed by atoms with Gasteiger partial charge >= 0.3 is 0 Å². The van der Waals surface area contributed by atoms with Gasteiger partial charge in [-0.3, -0.25) is 9.97 Å². The maximum absolute atomic E-state index is 11.5. The maximum atomic E-state index is 11.5. The summed E-state index contributed by atoms with van der Waals surface area (Å²) in [7, 11) is 0. The zero-order chi connectivity index (χ0) is 30.8. The van der Waals surface area contributed by atoms with Crippen molar-refractivity contribution in [1.82, 2.24) is 9.97 Å². The van der Waals surface area contributed by atoms with Crippen LogP contribution in [-0.4, -0.2) is 20.2 Å². The lowest BCUT2D eigenvalue weighted by atomic mass is 9.82. The van der Waals surface area contributed by atoms with E-state index < -0.39 is 11.2 Å². The highest BCUT2D eigenvalue weighted by molar-refractivity contribution is 5.39. The fourth-order valence-corrected chi connectivity index (χ4v) is 5.52. The summed E-state index contributed by atoms with van der Waals surface area (Å²) in [5.41, 5.74) is 5.04. The Labute approximate surface area is 260 Å². The standard InChI is InChI=1S/2C20H19NO/c2*1-16-9-8-14-19(21-16)15-20(22,17-10-4-2-5-11-17)18-12-6-3-7-13-18/h2*2-14,22H,15H2,1H3. The van der Waals surface area contributed by atoms with Crippen LogP contribution in [0.5, 0.6) is 0 Å². The average molecular weight is 579 g/mol. The number of pyridine rings is 2. The van der Waals surface area contributed by atoms with Crippen molar-refractivity contribution in [2.24, 2.45) is 0 Å². The topological polar surface area (TPSA) is 66.2 Å². The monoisotopic (exact) mass is 578 g/mol. The van der Waals surface area contributed by atoms with Gasteiger partial charge in [-0.15, -0.1) is 0 Å². The summed E-state index contributed by atoms with van der Waals surface area (Å²) in [5, 5.41) is 22.9. The molecule has 6 aromatic rings. The van der Waals surface area contributed by atoms with Crippen LogP contribution in [-0.2, 0) is 24.0 Å². The summed E-state index contributed by atoms with van der Waals surface area (Å²) in [6.07, 6.45) is 0.894. The molecule has 0 aliphatic carbocycles. The Bertz CT molecular complexity index is 1530. The van der Waals surface area contributed by atoms with Crippen molar-refractivity contribution in [3.8, 4) is 0 Å². The van der Waals surface area contributed by atoms with E-state index in [-0.39, 0.29) is 0 Å². The van der Waals surface area contributed by atoms with Crippen LogP contribution in [0.15, 0.2) is 158 Å². The van der Waals surface area contributed by atoms with Gasteiger partial charge in [-0.1, -0.05) is 133 Å². The Morgan fingerprint density at radius 2 is 0.659 bits per heavy atom. The molecule has 4 aromatic carbocycles. The van der Waals surface area contributed by atoms with Gasteiger partial charge in [0.2, 0.25) is 0 Å². The van der Waals surface area contributed by atoms with Crippen LogP contribution in [0.3, 0.4) is 0 Å². The third kappa shape index (κ3) is 7.35. The largest absolute Gasteiger partial charge is 0.380 e. The van der Waals surface area contributed by atoms with Crippen LogP contribution < -0.4 is 0 Å². The Kier molecular flexibility index (Phi) is 9.75. The van der Waals surface area contributed by atoms with E-state index in [0.29, 0.717) is 12.8 Å². The van der Waals surface area contributed by atoms with E-state index in [9.17, 15) is 10.2 Å². The van der Waals surface area contributed by atoms with E-state index in [1.54, 1.807) is 0 Å². The molecule has 220 valence electrons. The summed E-state index contributed by atoms with van der Waals surface area (Å²) in [6, 6.07) is 50.9. The number of rotatable bonds is 8. The third-order valence-corrected chi connectivity index (χ3v) is 7.77. The molecule has 0 bridgehead atoms. The van der Waals surface area contributed by atoms with Gasteiger partial charge in [0.05, 0.1) is 0 Å². The summed E-state index contributed by atoms with van der Waals surface area (Å²) >= 11 is 0. The molecule has 0 fully saturated rings. The van der Waals surface area contributed by atoms with Crippen molar-refractivity contribution in [2.75, 3.05) is 0 Å². The van der Waals surface area contributed by atoms with Crippen LogP contribution in [0.1, 0.15) is 45.0 Å². The Morgan fingerprint density at radius 1 is 0.386 bits per heavy atom. The van der Waals surface area contributed by atoms with Gasteiger partial charge in [-0.25, -0.2) is 0 Å². The van der Waals surface area contributed by atoms with Crippen LogP contribution >= 0.6 is 0 Å². The van der Waals surface area contributed by atoms with Gasteiger partial charge in [-0.05, 0) is 60.4 Å². The van der Waals surface area contributed by atoms with Crippen molar-refractivity contribution in [1.29, 1.82) is 0 Å². The molecule has 0 aliphatic rings. The predicted octanol–water partition coefficient (Wildman–Crippen LogP) is 7.74. The first-order chi connectivity index (χ1) is 21.4. The average Bonchev–Trinajstić information content (AvgIpc) is 3.07. The van der Waals surface area contributed by atoms with Crippen LogP contribution in [0.4, 0.5) is 0 Å². The summed E-state index contributed by atoms with van der Waals surface area (Å²) in [4.78, 5) is 9.10. The number of hydrogen-bond acceptors (Lipinski definition) is 4. The van der Waals surface area contributed by atoms with E-state index >= 15 is 0 Å². The fourth-order valence-electron chi connectivity index (χ4n) is 5.52. The molecular formula is C40H38N2O2. The number of benzene rings is 4. The van der Waals surface area contributed by atoms with E-state index in [2.05, 4.69) is 9.97 Å². The highest BCUT2D eigenvalue weighted by Crippen LogP contribution is 2.34. The number of aromatic nitrogens is 2. The van der Waals surface area contributed by atoms with Crippen molar-refractivity contribution in [3.05, 3.63) is 203 Å². The first-order valence-electron chi connectivity index (χ1n) is 14.9. The zero-order valence-electron chi connectivity index (χ0n) is 25.2. The summed E-state index contributed by atoms with van der Waals surface area (Å²) in [5.74, 6) is 0. The van der Waals surface area contributed by atoms with Crippen molar-refractivity contribution >= 4 is 0 Å². The first kappa shape index (κ1) is 30.6. The number of aliphatic hydroxyl groups is 2. The lowest BCUT2D eigenvalue weighted by Crippen LogP contribution is -2.30. The SMILES string of the molecule is Cc1cccc(CC(O)(c2ccccc2)c2ccccc2)n1.Cc1cccc(CC(O)(c2ccccc2)c2ccccc2)n1. The van der Waals surface area contributed by atoms with Crippen LogP contribution in [0.2, 0.25) is 0 Å². The molecule has 0 spiro atoms. The molecule has 0 saturated heterocycles. The molecule has 44 heavy (non-hydrogen) atoms. The van der Waals surface area contributed by atoms with Crippen LogP contribution in [0.25, 0.3) is 0 Å². The van der Waals surface area contributed by atoms with E-state index in [0.717, 1.165) is 45.0 Å². The lowest BCUT2D eigenvalue weighted by molar-refractivity contribution is 0.0796. The first-order valence-corrected chi connectivity index (χ1v) is 14.9. The molecule has 2 heterocycles. The predicted molar refractivity (Wildman–Crippen MR) is 177 cm³/mol. The molecule has 0 saturated carbocycles. The molecule has 0 aliphatic heterocycles. The zero-order valence-corrected chi connectivity index (χ0v) is 25.2. The second kappa shape index (κ2) is 14.0. The molecule has 0 radical (unpaired) electrons. The van der Waals surface area contributed by atoms with Crippen molar-refractivity contribution in [2.45, 2.75) is 37.9 Å². The lowest BCUT2D eigenvalue weighted by Gasteiger charge is -2.29. The normalized spacial score (nSPS) is 11.4. The quantitative estimate of drug-likeness (QED) is 0.194. The van der Waals surface area contributed by atoms with Crippen molar-refractivity contribution in [3.63, 3.8) is 0 Å². The van der Waals surface area contributed by atoms with Gasteiger partial charge in [-0.2, -0.15) is 0 Å². The minimum atomic E-state index is -1.08. The van der Waals surface area contributed by atoms with E-state index in [4.69, 9.17) is 0 Å². The van der Waals surface area contributed by atoms with E-state index in [1.165, 1.54) is 0 Å². The minimum Gasteiger partial charge on any atom is -0.380 e. The van der Waals surface area contributed by atoms with Gasteiger partial charge < -0.3 is 10.2 Å². The molecule has 0 unspecified atom stereocenters. The van der Waals surface area contributed by atoms with Gasteiger partial charge in [0, 0.05) is 35.6 Å². The molecule has 4 nitrogen and oxygen atoms in total. The Balaban J connectivity index is 0.000000175. The minimum absolute atomic E-state index is 0.447. The molecule has 4 heteroatoms.